The predicted octanol–water partition coefficient (Wildman–Crippen LogP) is 5.12. The Kier molecular flexibility index (Phi) is 2.24. The smallest absolute Gasteiger partial charge is 0.150 e. The highest BCUT2D eigenvalue weighted by Crippen LogP contribution is 2.97. The number of halogens is 6. The molecule has 1 rings (SSSR count). The molecular weight excluding hydrogens is 311 g/mol. The van der Waals surface area contributed by atoms with Crippen LogP contribution in [0, 0.1) is 11.2 Å². The summed E-state index contributed by atoms with van der Waals surface area (Å²) in [6, 6.07) is 0. The quantitative estimate of drug-likeness (QED) is 0.461. The van der Waals surface area contributed by atoms with Crippen LogP contribution in [0.15, 0.2) is 15.2 Å². The number of thiophene rings is 1. The molecule has 0 radical (unpaired) electrons. The molecule has 0 amide bonds. The lowest BCUT2D eigenvalue weighted by Gasteiger charge is -2.33. The van der Waals surface area contributed by atoms with E-state index in [1.165, 1.54) is 16.7 Å². The van der Waals surface area contributed by atoms with E-state index < -0.39 is 10.2 Å². The van der Waals surface area contributed by atoms with Crippen LogP contribution in [-0.4, -0.2) is 0 Å². The minimum atomic E-state index is -9.60. The maximum absolute atomic E-state index is 11.8. The van der Waals surface area contributed by atoms with Crippen LogP contribution in [0.4, 0.5) is 19.4 Å². The van der Waals surface area contributed by atoms with Crippen molar-refractivity contribution in [3.8, 4) is 11.2 Å². The van der Waals surface area contributed by atoms with Gasteiger partial charge in [-0.1, -0.05) is 19.4 Å². The molecule has 0 N–H and O–H groups in total. The van der Waals surface area contributed by atoms with E-state index in [4.69, 9.17) is 0 Å². The van der Waals surface area contributed by atoms with Gasteiger partial charge in [-0.3, -0.25) is 0 Å². The van der Waals surface area contributed by atoms with Crippen molar-refractivity contribution < 1.29 is 19.4 Å². The van der Waals surface area contributed by atoms with Crippen molar-refractivity contribution in [1.29, 1.82) is 0 Å². The van der Waals surface area contributed by atoms with Crippen LogP contribution in [0.5, 0.6) is 0 Å². The second-order valence-electron chi connectivity index (χ2n) is 2.33. The molecule has 0 atom stereocenters. The fourth-order valence-corrected chi connectivity index (χ4v) is 2.15. The monoisotopic (exact) mass is 312 g/mol. The molecule has 1 aromatic heterocycles. The topological polar surface area (TPSA) is 0 Å². The second kappa shape index (κ2) is 2.65. The van der Waals surface area contributed by atoms with E-state index in [0.717, 1.165) is 11.3 Å². The lowest BCUT2D eigenvalue weighted by molar-refractivity contribution is 0.389. The minimum absolute atomic E-state index is 0.0942. The summed E-state index contributed by atoms with van der Waals surface area (Å²) in [5.41, 5.74) is -0.0942. The highest BCUT2D eigenvalue weighted by molar-refractivity contribution is 9.10. The fraction of sp³-hybridized carbons (Fsp3) is 0. The first-order valence-corrected chi connectivity index (χ1v) is 6.65. The molecule has 0 aliphatic heterocycles. The molecule has 0 saturated carbocycles. The molecule has 14 heavy (non-hydrogen) atoms. The van der Waals surface area contributed by atoms with E-state index >= 15 is 0 Å². The van der Waals surface area contributed by atoms with Crippen molar-refractivity contribution in [3.63, 3.8) is 0 Å². The lowest BCUT2D eigenvalue weighted by Crippen LogP contribution is -1.99. The molecule has 0 unspecified atom stereocenters. The Labute approximate surface area is 89.0 Å². The Morgan fingerprint density at radius 3 is 2.07 bits per heavy atom. The van der Waals surface area contributed by atoms with Gasteiger partial charge in [-0.05, 0) is 21.9 Å². The van der Waals surface area contributed by atoms with Gasteiger partial charge < -0.3 is 0 Å². The van der Waals surface area contributed by atoms with Gasteiger partial charge in [0.15, 0.2) is 0 Å². The van der Waals surface area contributed by atoms with Crippen molar-refractivity contribution in [3.05, 3.63) is 20.8 Å². The lowest BCUT2D eigenvalue weighted by atomic mass is 10.4. The molecule has 8 heteroatoms. The first-order chi connectivity index (χ1) is 5.97. The molecule has 0 fully saturated rings. The Morgan fingerprint density at radius 1 is 1.14 bits per heavy atom. The van der Waals surface area contributed by atoms with Crippen molar-refractivity contribution in [2.75, 3.05) is 0 Å². The fourth-order valence-electron chi connectivity index (χ4n) is 0.522. The molecule has 0 aliphatic rings. The third-order valence-corrected chi connectivity index (χ3v) is 3.18. The second-order valence-corrected chi connectivity index (χ2v) is 6.07. The standard InChI is InChI=1S/C6H2BrF5S2/c7-6-4-13-3-5(6)1-2-14(8,9,10,11)12/h3-4H. The van der Waals surface area contributed by atoms with Crippen molar-refractivity contribution in [2.24, 2.45) is 0 Å². The number of hydrogen-bond donors (Lipinski definition) is 0. The molecule has 0 aromatic carbocycles. The van der Waals surface area contributed by atoms with Crippen molar-refractivity contribution in [2.45, 2.75) is 0 Å². The summed E-state index contributed by atoms with van der Waals surface area (Å²) < 4.78 is 59.0. The van der Waals surface area contributed by atoms with E-state index in [1.54, 1.807) is 0 Å². The average Bonchev–Trinajstić information content (AvgIpc) is 2.27. The maximum Gasteiger partial charge on any atom is 0.345 e. The summed E-state index contributed by atoms with van der Waals surface area (Å²) in [7, 11) is -9.60. The van der Waals surface area contributed by atoms with Crippen LogP contribution in [0.3, 0.4) is 0 Å². The van der Waals surface area contributed by atoms with Crippen LogP contribution in [0.25, 0.3) is 0 Å². The van der Waals surface area contributed by atoms with E-state index in [1.807, 2.05) is 0 Å². The van der Waals surface area contributed by atoms with E-state index in [2.05, 4.69) is 15.9 Å². The number of hydrogen-bond acceptors (Lipinski definition) is 1. The van der Waals surface area contributed by atoms with E-state index in [9.17, 15) is 19.4 Å². The first kappa shape index (κ1) is 11.8. The van der Waals surface area contributed by atoms with Gasteiger partial charge in [-0.25, -0.2) is 0 Å². The minimum Gasteiger partial charge on any atom is -0.150 e. The van der Waals surface area contributed by atoms with Crippen LogP contribution < -0.4 is 0 Å². The van der Waals surface area contributed by atoms with Gasteiger partial charge in [-0.15, -0.1) is 11.3 Å². The van der Waals surface area contributed by atoms with Gasteiger partial charge >= 0.3 is 10.2 Å². The Balaban J connectivity index is 3.14. The van der Waals surface area contributed by atoms with Gasteiger partial charge in [0.1, 0.15) is 0 Å². The van der Waals surface area contributed by atoms with Gasteiger partial charge in [0.25, 0.3) is 0 Å². The van der Waals surface area contributed by atoms with E-state index in [0.29, 0.717) is 0 Å². The Bertz CT molecular complexity index is 419. The molecule has 0 saturated heterocycles. The Hall–Kier alpha value is -0.260. The zero-order chi connectivity index (χ0) is 11.1. The SMILES string of the molecule is FS(F)(F)(F)(F)C#Cc1cscc1Br. The van der Waals surface area contributed by atoms with Crippen molar-refractivity contribution in [1.82, 2.24) is 0 Å². The van der Waals surface area contributed by atoms with Crippen LogP contribution in [-0.2, 0) is 0 Å². The highest BCUT2D eigenvalue weighted by Gasteiger charge is 2.62. The van der Waals surface area contributed by atoms with Gasteiger partial charge in [0.2, 0.25) is 0 Å². The molecule has 0 bridgehead atoms. The zero-order valence-electron chi connectivity index (χ0n) is 6.24. The van der Waals surface area contributed by atoms with Crippen LogP contribution in [0.2, 0.25) is 0 Å². The molecule has 0 nitrogen and oxygen atoms in total. The van der Waals surface area contributed by atoms with Crippen LogP contribution in [0.1, 0.15) is 5.56 Å². The molecule has 80 valence electrons. The Morgan fingerprint density at radius 2 is 1.71 bits per heavy atom. The van der Waals surface area contributed by atoms with Gasteiger partial charge in [0.05, 0.1) is 10.8 Å². The molecule has 0 aliphatic carbocycles. The summed E-state index contributed by atoms with van der Waals surface area (Å²) in [6.07, 6.45) is 0. The molecule has 0 spiro atoms. The first-order valence-electron chi connectivity index (χ1n) is 2.96. The van der Waals surface area contributed by atoms with Crippen LogP contribution >= 0.6 is 37.5 Å². The zero-order valence-corrected chi connectivity index (χ0v) is 9.46. The summed E-state index contributed by atoms with van der Waals surface area (Å²) in [5.74, 6) is 1.40. The highest BCUT2D eigenvalue weighted by atomic mass is 79.9. The summed E-state index contributed by atoms with van der Waals surface area (Å²) in [4.78, 5) is 0. The summed E-state index contributed by atoms with van der Waals surface area (Å²) in [6.45, 7) is 0. The molecule has 1 heterocycles. The largest absolute Gasteiger partial charge is 0.345 e. The maximum atomic E-state index is 11.8. The summed E-state index contributed by atoms with van der Waals surface area (Å²) >= 11 is 3.94. The normalized spacial score (nSPS) is 16.4. The third kappa shape index (κ3) is 4.30. The van der Waals surface area contributed by atoms with E-state index in [-0.39, 0.29) is 15.3 Å². The van der Waals surface area contributed by atoms with Crippen molar-refractivity contribution >= 4 is 37.5 Å². The molecule has 1 aromatic rings. The summed E-state index contributed by atoms with van der Waals surface area (Å²) in [5, 5.41) is 2.83. The predicted molar refractivity (Wildman–Crippen MR) is 52.0 cm³/mol. The van der Waals surface area contributed by atoms with Gasteiger partial charge in [-0.2, -0.15) is 0 Å². The number of rotatable bonds is 0. The van der Waals surface area contributed by atoms with Gasteiger partial charge in [0, 0.05) is 15.2 Å². The third-order valence-electron chi connectivity index (χ3n) is 0.993. The average molecular weight is 313 g/mol. The molecular formula is C6H2BrF5S2.